The summed E-state index contributed by atoms with van der Waals surface area (Å²) in [6.45, 7) is 4.51. The first-order valence-electron chi connectivity index (χ1n) is 5.86. The third-order valence-electron chi connectivity index (χ3n) is 2.48. The Morgan fingerprint density at radius 1 is 1.00 bits per heavy atom. The van der Waals surface area contributed by atoms with Gasteiger partial charge < -0.3 is 10.3 Å². The summed E-state index contributed by atoms with van der Waals surface area (Å²) in [4.78, 5) is 0. The zero-order valence-electron chi connectivity index (χ0n) is 9.58. The number of hydroxylamine groups is 2. The van der Waals surface area contributed by atoms with E-state index in [0.29, 0.717) is 13.0 Å². The topological polar surface area (TPSA) is 43.7 Å². The maximum Gasteiger partial charge on any atom is 0.129 e. The van der Waals surface area contributed by atoms with Crippen molar-refractivity contribution in [3.63, 3.8) is 0 Å². The van der Waals surface area contributed by atoms with Gasteiger partial charge in [-0.2, -0.15) is 5.06 Å². The van der Waals surface area contributed by atoms with Gasteiger partial charge in [-0.05, 0) is 19.8 Å². The zero-order valence-corrected chi connectivity index (χ0v) is 9.58. The first-order chi connectivity index (χ1) is 6.72. The first-order valence-corrected chi connectivity index (χ1v) is 5.86. The van der Waals surface area contributed by atoms with Gasteiger partial charge in [0, 0.05) is 6.54 Å². The molecule has 3 heteroatoms. The number of aliphatic hydroxyl groups excluding tert-OH is 1. The van der Waals surface area contributed by atoms with Crippen molar-refractivity contribution in [1.82, 2.24) is 5.06 Å². The van der Waals surface area contributed by atoms with Gasteiger partial charge >= 0.3 is 0 Å². The van der Waals surface area contributed by atoms with E-state index in [0.717, 1.165) is 17.9 Å². The van der Waals surface area contributed by atoms with Gasteiger partial charge in [-0.15, -0.1) is 0 Å². The van der Waals surface area contributed by atoms with Crippen LogP contribution < -0.4 is 0 Å². The van der Waals surface area contributed by atoms with E-state index in [1.54, 1.807) is 0 Å². The van der Waals surface area contributed by atoms with E-state index >= 15 is 0 Å². The van der Waals surface area contributed by atoms with Crippen LogP contribution in [-0.2, 0) is 0 Å². The van der Waals surface area contributed by atoms with Crippen molar-refractivity contribution in [3.05, 3.63) is 0 Å². The molecular formula is C11H25NO2. The van der Waals surface area contributed by atoms with Gasteiger partial charge in [0.05, 0.1) is 0 Å². The van der Waals surface area contributed by atoms with Crippen LogP contribution in [0.3, 0.4) is 0 Å². The normalized spacial score (nSPS) is 13.5. The summed E-state index contributed by atoms with van der Waals surface area (Å²) in [7, 11) is 0. The first kappa shape index (κ1) is 13.9. The highest BCUT2D eigenvalue weighted by molar-refractivity contribution is 4.51. The molecule has 1 unspecified atom stereocenters. The number of aliphatic hydroxyl groups is 1. The summed E-state index contributed by atoms with van der Waals surface area (Å²) in [6.07, 6.45) is 7.28. The third kappa shape index (κ3) is 7.30. The standard InChI is InChI=1S/C11H25NO2/c1-3-5-6-7-8-9-10-11(13)12(14)4-2/h11,13-14H,3-10H2,1-2H3. The second-order valence-electron chi connectivity index (χ2n) is 3.79. The molecule has 86 valence electrons. The molecule has 0 heterocycles. The van der Waals surface area contributed by atoms with Crippen molar-refractivity contribution >= 4 is 0 Å². The number of unbranched alkanes of at least 4 members (excludes halogenated alkanes) is 5. The molecule has 0 fully saturated rings. The number of hydrogen-bond acceptors (Lipinski definition) is 3. The van der Waals surface area contributed by atoms with E-state index in [-0.39, 0.29) is 0 Å². The number of rotatable bonds is 9. The molecule has 0 aromatic heterocycles. The molecule has 0 radical (unpaired) electrons. The maximum atomic E-state index is 9.40. The molecule has 0 amide bonds. The van der Waals surface area contributed by atoms with Crippen LogP contribution in [0.1, 0.15) is 58.8 Å². The average molecular weight is 203 g/mol. The minimum Gasteiger partial charge on any atom is -0.376 e. The molecule has 0 aliphatic heterocycles. The van der Waals surface area contributed by atoms with Crippen molar-refractivity contribution in [2.24, 2.45) is 0 Å². The van der Waals surface area contributed by atoms with Crippen LogP contribution >= 0.6 is 0 Å². The smallest absolute Gasteiger partial charge is 0.129 e. The Morgan fingerprint density at radius 2 is 1.57 bits per heavy atom. The molecule has 0 saturated carbocycles. The molecular weight excluding hydrogens is 178 g/mol. The summed E-state index contributed by atoms with van der Waals surface area (Å²) in [6, 6.07) is 0. The second-order valence-corrected chi connectivity index (χ2v) is 3.79. The van der Waals surface area contributed by atoms with E-state index < -0.39 is 6.23 Å². The largest absolute Gasteiger partial charge is 0.376 e. The van der Waals surface area contributed by atoms with Crippen LogP contribution in [0.5, 0.6) is 0 Å². The molecule has 0 saturated heterocycles. The van der Waals surface area contributed by atoms with Gasteiger partial charge in [0.2, 0.25) is 0 Å². The van der Waals surface area contributed by atoms with Crippen LogP contribution in [0.25, 0.3) is 0 Å². The molecule has 14 heavy (non-hydrogen) atoms. The molecule has 0 spiro atoms. The van der Waals surface area contributed by atoms with E-state index in [1.165, 1.54) is 25.7 Å². The Hall–Kier alpha value is -0.120. The van der Waals surface area contributed by atoms with Crippen molar-refractivity contribution in [2.75, 3.05) is 6.54 Å². The van der Waals surface area contributed by atoms with Crippen LogP contribution in [0.4, 0.5) is 0 Å². The molecule has 3 nitrogen and oxygen atoms in total. The Bertz CT molecular complexity index is 120. The predicted molar refractivity (Wildman–Crippen MR) is 58.2 cm³/mol. The Morgan fingerprint density at radius 3 is 2.14 bits per heavy atom. The van der Waals surface area contributed by atoms with Gasteiger partial charge in [0.25, 0.3) is 0 Å². The van der Waals surface area contributed by atoms with E-state index in [1.807, 2.05) is 6.92 Å². The Labute approximate surface area is 87.7 Å². The van der Waals surface area contributed by atoms with Gasteiger partial charge in [0.15, 0.2) is 0 Å². The van der Waals surface area contributed by atoms with E-state index in [9.17, 15) is 5.11 Å². The molecule has 0 aromatic rings. The summed E-state index contributed by atoms with van der Waals surface area (Å²) in [5, 5.41) is 19.5. The summed E-state index contributed by atoms with van der Waals surface area (Å²) in [5.41, 5.74) is 0. The van der Waals surface area contributed by atoms with Gasteiger partial charge in [-0.25, -0.2) is 0 Å². The highest BCUT2D eigenvalue weighted by Gasteiger charge is 2.09. The molecule has 0 aliphatic rings. The molecule has 0 aliphatic carbocycles. The average Bonchev–Trinajstić information content (AvgIpc) is 2.21. The van der Waals surface area contributed by atoms with E-state index in [4.69, 9.17) is 5.21 Å². The fraction of sp³-hybridized carbons (Fsp3) is 1.00. The zero-order chi connectivity index (χ0) is 10.8. The summed E-state index contributed by atoms with van der Waals surface area (Å²) >= 11 is 0. The molecule has 0 aromatic carbocycles. The minimum atomic E-state index is -0.675. The summed E-state index contributed by atoms with van der Waals surface area (Å²) < 4.78 is 0. The second kappa shape index (κ2) is 9.44. The van der Waals surface area contributed by atoms with Crippen LogP contribution in [-0.4, -0.2) is 28.1 Å². The quantitative estimate of drug-likeness (QED) is 0.344. The number of nitrogens with zero attached hydrogens (tertiary/aromatic N) is 1. The van der Waals surface area contributed by atoms with Gasteiger partial charge in [-0.3, -0.25) is 0 Å². The maximum absolute atomic E-state index is 9.40. The van der Waals surface area contributed by atoms with Gasteiger partial charge in [-0.1, -0.05) is 39.0 Å². The number of hydrogen-bond donors (Lipinski definition) is 2. The molecule has 1 atom stereocenters. The lowest BCUT2D eigenvalue weighted by Crippen LogP contribution is -2.31. The van der Waals surface area contributed by atoms with Crippen molar-refractivity contribution in [3.8, 4) is 0 Å². The van der Waals surface area contributed by atoms with Crippen molar-refractivity contribution in [2.45, 2.75) is 65.0 Å². The Balaban J connectivity index is 3.18. The molecule has 0 rings (SSSR count). The minimum absolute atomic E-state index is 0.483. The van der Waals surface area contributed by atoms with Crippen LogP contribution in [0, 0.1) is 0 Å². The Kier molecular flexibility index (Phi) is 9.35. The lowest BCUT2D eigenvalue weighted by atomic mass is 10.1. The SMILES string of the molecule is CCCCCCCCC(O)N(O)CC. The lowest BCUT2D eigenvalue weighted by molar-refractivity contribution is -0.195. The van der Waals surface area contributed by atoms with Crippen molar-refractivity contribution < 1.29 is 10.3 Å². The molecule has 0 bridgehead atoms. The molecule has 2 N–H and O–H groups in total. The van der Waals surface area contributed by atoms with Crippen LogP contribution in [0.15, 0.2) is 0 Å². The predicted octanol–water partition coefficient (Wildman–Crippen LogP) is 2.77. The van der Waals surface area contributed by atoms with Gasteiger partial charge in [0.1, 0.15) is 6.23 Å². The fourth-order valence-electron chi connectivity index (χ4n) is 1.47. The lowest BCUT2D eigenvalue weighted by Gasteiger charge is -2.19. The van der Waals surface area contributed by atoms with E-state index in [2.05, 4.69) is 6.92 Å². The highest BCUT2D eigenvalue weighted by Crippen LogP contribution is 2.09. The third-order valence-corrected chi connectivity index (χ3v) is 2.48. The monoisotopic (exact) mass is 203 g/mol. The summed E-state index contributed by atoms with van der Waals surface area (Å²) in [5.74, 6) is 0. The highest BCUT2D eigenvalue weighted by atomic mass is 16.5. The van der Waals surface area contributed by atoms with Crippen LogP contribution in [0.2, 0.25) is 0 Å². The fourth-order valence-corrected chi connectivity index (χ4v) is 1.47. The van der Waals surface area contributed by atoms with Crippen molar-refractivity contribution in [1.29, 1.82) is 0 Å².